The van der Waals surface area contributed by atoms with Crippen LogP contribution in [0, 0.1) is 5.92 Å². The van der Waals surface area contributed by atoms with Crippen LogP contribution in [0.5, 0.6) is 0 Å². The van der Waals surface area contributed by atoms with Crippen molar-refractivity contribution in [1.29, 1.82) is 0 Å². The van der Waals surface area contributed by atoms with Gasteiger partial charge in [0.05, 0.1) is 0 Å². The summed E-state index contributed by atoms with van der Waals surface area (Å²) in [6.45, 7) is 9.08. The number of rotatable bonds is 7. The minimum Gasteiger partial charge on any atom is -0.307 e. The second-order valence-electron chi connectivity index (χ2n) is 5.03. The Bertz CT molecular complexity index is 297. The third kappa shape index (κ3) is 4.86. The van der Waals surface area contributed by atoms with Crippen LogP contribution in [0.2, 0.25) is 0 Å². The molecule has 96 valence electrons. The summed E-state index contributed by atoms with van der Waals surface area (Å²) in [4.78, 5) is 4.18. The van der Waals surface area contributed by atoms with Crippen LogP contribution in [-0.4, -0.2) is 11.0 Å². The normalized spacial score (nSPS) is 16.5. The molecule has 3 atom stereocenters. The first-order valence-electron chi connectivity index (χ1n) is 6.83. The molecule has 0 radical (unpaired) electrons. The highest BCUT2D eigenvalue weighted by Crippen LogP contribution is 2.17. The molecule has 1 aromatic heterocycles. The fraction of sp³-hybridized carbons (Fsp3) is 0.667. The SMILES string of the molecule is CCC(C)CC(CC)N[C@@H](C)c1cccnc1. The van der Waals surface area contributed by atoms with Crippen LogP contribution in [0.25, 0.3) is 0 Å². The highest BCUT2D eigenvalue weighted by molar-refractivity contribution is 5.12. The Hall–Kier alpha value is -0.890. The van der Waals surface area contributed by atoms with E-state index in [4.69, 9.17) is 0 Å². The summed E-state index contributed by atoms with van der Waals surface area (Å²) in [6, 6.07) is 5.14. The monoisotopic (exact) mass is 234 g/mol. The van der Waals surface area contributed by atoms with Crippen molar-refractivity contribution in [1.82, 2.24) is 10.3 Å². The van der Waals surface area contributed by atoms with Crippen LogP contribution >= 0.6 is 0 Å². The van der Waals surface area contributed by atoms with Gasteiger partial charge in [0.1, 0.15) is 0 Å². The molecule has 0 amide bonds. The van der Waals surface area contributed by atoms with Gasteiger partial charge < -0.3 is 5.32 Å². The minimum absolute atomic E-state index is 0.387. The lowest BCUT2D eigenvalue weighted by molar-refractivity contribution is 0.359. The average molecular weight is 234 g/mol. The van der Waals surface area contributed by atoms with Crippen LogP contribution in [0.4, 0.5) is 0 Å². The quantitative estimate of drug-likeness (QED) is 0.772. The van der Waals surface area contributed by atoms with Crippen molar-refractivity contribution in [3.63, 3.8) is 0 Å². The summed E-state index contributed by atoms with van der Waals surface area (Å²) in [5.74, 6) is 0.800. The molecule has 0 aliphatic carbocycles. The number of hydrogen-bond donors (Lipinski definition) is 1. The predicted octanol–water partition coefficient (Wildman–Crippen LogP) is 3.95. The van der Waals surface area contributed by atoms with Gasteiger partial charge in [-0.2, -0.15) is 0 Å². The number of pyridine rings is 1. The van der Waals surface area contributed by atoms with Gasteiger partial charge in [-0.1, -0.05) is 33.3 Å². The van der Waals surface area contributed by atoms with E-state index >= 15 is 0 Å². The van der Waals surface area contributed by atoms with Crippen LogP contribution in [0.3, 0.4) is 0 Å². The van der Waals surface area contributed by atoms with E-state index in [1.807, 2.05) is 18.5 Å². The summed E-state index contributed by atoms with van der Waals surface area (Å²) >= 11 is 0. The Morgan fingerprint density at radius 1 is 1.24 bits per heavy atom. The summed E-state index contributed by atoms with van der Waals surface area (Å²) < 4.78 is 0. The van der Waals surface area contributed by atoms with E-state index in [2.05, 4.69) is 44.1 Å². The van der Waals surface area contributed by atoms with E-state index in [1.54, 1.807) is 0 Å². The minimum atomic E-state index is 0.387. The molecule has 0 aromatic carbocycles. The number of hydrogen-bond acceptors (Lipinski definition) is 2. The zero-order valence-electron chi connectivity index (χ0n) is 11.6. The van der Waals surface area contributed by atoms with Crippen molar-refractivity contribution in [2.45, 2.75) is 59.0 Å². The van der Waals surface area contributed by atoms with Crippen molar-refractivity contribution in [3.8, 4) is 0 Å². The van der Waals surface area contributed by atoms with Gasteiger partial charge in [-0.15, -0.1) is 0 Å². The van der Waals surface area contributed by atoms with Gasteiger partial charge in [0.2, 0.25) is 0 Å². The molecule has 17 heavy (non-hydrogen) atoms. The molecule has 1 heterocycles. The second kappa shape index (κ2) is 7.44. The summed E-state index contributed by atoms with van der Waals surface area (Å²) in [6.07, 6.45) is 7.49. The van der Waals surface area contributed by atoms with E-state index in [9.17, 15) is 0 Å². The molecule has 0 fully saturated rings. The molecular formula is C15H26N2. The summed E-state index contributed by atoms with van der Waals surface area (Å²) in [5, 5.41) is 3.71. The zero-order valence-corrected chi connectivity index (χ0v) is 11.6. The zero-order chi connectivity index (χ0) is 12.7. The lowest BCUT2D eigenvalue weighted by Crippen LogP contribution is -2.32. The molecule has 0 saturated carbocycles. The standard InChI is InChI=1S/C15H26N2/c1-5-12(3)10-15(6-2)17-13(4)14-8-7-9-16-11-14/h7-9,11-13,15,17H,5-6,10H2,1-4H3/t12?,13-,15?/m0/s1. The molecule has 0 spiro atoms. The van der Waals surface area contributed by atoms with Gasteiger partial charge >= 0.3 is 0 Å². The predicted molar refractivity (Wildman–Crippen MR) is 73.9 cm³/mol. The fourth-order valence-corrected chi connectivity index (χ4v) is 2.09. The Morgan fingerprint density at radius 2 is 2.00 bits per heavy atom. The van der Waals surface area contributed by atoms with Crippen molar-refractivity contribution < 1.29 is 0 Å². The summed E-state index contributed by atoms with van der Waals surface area (Å²) in [5.41, 5.74) is 1.27. The van der Waals surface area contributed by atoms with Crippen molar-refractivity contribution in [2.24, 2.45) is 5.92 Å². The average Bonchev–Trinajstić information content (AvgIpc) is 2.38. The molecule has 2 nitrogen and oxygen atoms in total. The van der Waals surface area contributed by atoms with Gasteiger partial charge in [-0.3, -0.25) is 4.98 Å². The highest BCUT2D eigenvalue weighted by atomic mass is 14.9. The maximum atomic E-state index is 4.18. The number of nitrogens with one attached hydrogen (secondary N) is 1. The molecule has 0 bridgehead atoms. The highest BCUT2D eigenvalue weighted by Gasteiger charge is 2.14. The molecule has 0 aliphatic heterocycles. The lowest BCUT2D eigenvalue weighted by atomic mass is 9.96. The first-order chi connectivity index (χ1) is 8.17. The van der Waals surface area contributed by atoms with Crippen molar-refractivity contribution in [2.75, 3.05) is 0 Å². The Labute approximate surface area is 106 Å². The largest absolute Gasteiger partial charge is 0.307 e. The van der Waals surface area contributed by atoms with Gasteiger partial charge in [-0.25, -0.2) is 0 Å². The van der Waals surface area contributed by atoms with Crippen molar-refractivity contribution >= 4 is 0 Å². The first-order valence-corrected chi connectivity index (χ1v) is 6.83. The Morgan fingerprint density at radius 3 is 2.53 bits per heavy atom. The maximum absolute atomic E-state index is 4.18. The van der Waals surface area contributed by atoms with Gasteiger partial charge in [0.25, 0.3) is 0 Å². The van der Waals surface area contributed by atoms with Crippen LogP contribution in [0.15, 0.2) is 24.5 Å². The van der Waals surface area contributed by atoms with Gasteiger partial charge in [-0.05, 0) is 37.3 Å². The molecule has 1 N–H and O–H groups in total. The van der Waals surface area contributed by atoms with Gasteiger partial charge in [0.15, 0.2) is 0 Å². The molecule has 0 aliphatic rings. The number of nitrogens with zero attached hydrogens (tertiary/aromatic N) is 1. The van der Waals surface area contributed by atoms with Crippen LogP contribution < -0.4 is 5.32 Å². The van der Waals surface area contributed by atoms with E-state index in [0.717, 1.165) is 5.92 Å². The number of aromatic nitrogens is 1. The molecule has 2 unspecified atom stereocenters. The third-order valence-corrected chi connectivity index (χ3v) is 3.55. The third-order valence-electron chi connectivity index (χ3n) is 3.55. The first kappa shape index (κ1) is 14.2. The lowest BCUT2D eigenvalue weighted by Gasteiger charge is -2.24. The van der Waals surface area contributed by atoms with E-state index in [-0.39, 0.29) is 0 Å². The smallest absolute Gasteiger partial charge is 0.0315 e. The Balaban J connectivity index is 2.50. The molecular weight excluding hydrogens is 208 g/mol. The summed E-state index contributed by atoms with van der Waals surface area (Å²) in [7, 11) is 0. The van der Waals surface area contributed by atoms with Gasteiger partial charge in [0, 0.05) is 24.5 Å². The van der Waals surface area contributed by atoms with E-state index in [0.29, 0.717) is 12.1 Å². The van der Waals surface area contributed by atoms with Crippen LogP contribution in [0.1, 0.15) is 58.6 Å². The fourth-order valence-electron chi connectivity index (χ4n) is 2.09. The van der Waals surface area contributed by atoms with E-state index < -0.39 is 0 Å². The Kier molecular flexibility index (Phi) is 6.20. The van der Waals surface area contributed by atoms with Crippen LogP contribution in [-0.2, 0) is 0 Å². The second-order valence-corrected chi connectivity index (χ2v) is 5.03. The molecule has 2 heteroatoms. The molecule has 1 aromatic rings. The van der Waals surface area contributed by atoms with Crippen molar-refractivity contribution in [3.05, 3.63) is 30.1 Å². The van der Waals surface area contributed by atoms with E-state index in [1.165, 1.54) is 24.8 Å². The maximum Gasteiger partial charge on any atom is 0.0315 e. The topological polar surface area (TPSA) is 24.9 Å². The molecule has 0 saturated heterocycles. The molecule has 1 rings (SSSR count).